The Kier molecular flexibility index (Phi) is 4.28. The second kappa shape index (κ2) is 5.69. The van der Waals surface area contributed by atoms with Gasteiger partial charge in [0.1, 0.15) is 5.75 Å². The smallest absolute Gasteiger partial charge is 0.332 e. The number of rotatable bonds is 5. The largest absolute Gasteiger partial charge is 0.497 e. The molecule has 1 aromatic carbocycles. The van der Waals surface area contributed by atoms with E-state index in [1.165, 1.54) is 13.2 Å². The summed E-state index contributed by atoms with van der Waals surface area (Å²) >= 11 is 0. The zero-order valence-corrected chi connectivity index (χ0v) is 9.21. The van der Waals surface area contributed by atoms with Crippen molar-refractivity contribution in [1.29, 1.82) is 0 Å². The summed E-state index contributed by atoms with van der Waals surface area (Å²) in [6.07, 6.45) is 0.817. The number of ether oxygens (including phenoxy) is 1. The van der Waals surface area contributed by atoms with Crippen molar-refractivity contribution in [3.8, 4) is 5.75 Å². The predicted octanol–water partition coefficient (Wildman–Crippen LogP) is 1.64. The highest BCUT2D eigenvalue weighted by atomic mass is 16.5. The zero-order chi connectivity index (χ0) is 12.8. The maximum atomic E-state index is 10.8. The van der Waals surface area contributed by atoms with E-state index in [1.807, 2.05) is 0 Å². The molecule has 0 fully saturated rings. The predicted molar refractivity (Wildman–Crippen MR) is 60.9 cm³/mol. The SMILES string of the molecule is COc1ccc(/C=C(\CC(=O)O)C(=O)O)cc1. The summed E-state index contributed by atoms with van der Waals surface area (Å²) in [6.45, 7) is 0. The first-order chi connectivity index (χ1) is 8.02. The van der Waals surface area contributed by atoms with Crippen LogP contribution in [0.3, 0.4) is 0 Å². The summed E-state index contributed by atoms with van der Waals surface area (Å²) in [5, 5.41) is 17.4. The van der Waals surface area contributed by atoms with Crippen molar-refractivity contribution in [2.24, 2.45) is 0 Å². The molecule has 0 aromatic heterocycles. The molecule has 1 rings (SSSR count). The number of carboxylic acids is 2. The van der Waals surface area contributed by atoms with E-state index in [9.17, 15) is 9.59 Å². The molecule has 0 heterocycles. The van der Waals surface area contributed by atoms with Gasteiger partial charge < -0.3 is 14.9 Å². The summed E-state index contributed by atoms with van der Waals surface area (Å²) < 4.78 is 4.96. The fraction of sp³-hybridized carbons (Fsp3) is 0.167. The molecule has 0 saturated heterocycles. The lowest BCUT2D eigenvalue weighted by molar-refractivity contribution is -0.139. The summed E-state index contributed by atoms with van der Waals surface area (Å²) in [5.41, 5.74) is 0.451. The van der Waals surface area contributed by atoms with Gasteiger partial charge in [0.2, 0.25) is 0 Å². The first-order valence-corrected chi connectivity index (χ1v) is 4.82. The van der Waals surface area contributed by atoms with Crippen LogP contribution < -0.4 is 4.74 Å². The van der Waals surface area contributed by atoms with Crippen molar-refractivity contribution in [2.45, 2.75) is 6.42 Å². The number of hydrogen-bond acceptors (Lipinski definition) is 3. The van der Waals surface area contributed by atoms with Crippen LogP contribution in [0.5, 0.6) is 5.75 Å². The van der Waals surface area contributed by atoms with Crippen molar-refractivity contribution >= 4 is 18.0 Å². The van der Waals surface area contributed by atoms with Crippen molar-refractivity contribution in [3.05, 3.63) is 35.4 Å². The van der Waals surface area contributed by atoms with Crippen LogP contribution in [0, 0.1) is 0 Å². The Morgan fingerprint density at radius 3 is 2.24 bits per heavy atom. The third kappa shape index (κ3) is 3.98. The van der Waals surface area contributed by atoms with Gasteiger partial charge in [0.05, 0.1) is 13.5 Å². The fourth-order valence-corrected chi connectivity index (χ4v) is 1.25. The fourth-order valence-electron chi connectivity index (χ4n) is 1.25. The van der Waals surface area contributed by atoms with Crippen LogP contribution >= 0.6 is 0 Å². The number of methoxy groups -OCH3 is 1. The van der Waals surface area contributed by atoms with E-state index in [4.69, 9.17) is 14.9 Å². The molecule has 2 N–H and O–H groups in total. The zero-order valence-electron chi connectivity index (χ0n) is 9.21. The van der Waals surface area contributed by atoms with Crippen molar-refractivity contribution in [3.63, 3.8) is 0 Å². The van der Waals surface area contributed by atoms with Gasteiger partial charge >= 0.3 is 11.9 Å². The maximum Gasteiger partial charge on any atom is 0.332 e. The Hall–Kier alpha value is -2.30. The molecule has 0 saturated carbocycles. The van der Waals surface area contributed by atoms with Crippen molar-refractivity contribution in [1.82, 2.24) is 0 Å². The molecule has 0 spiro atoms. The standard InChI is InChI=1S/C12H12O5/c1-17-10-4-2-8(3-5-10)6-9(12(15)16)7-11(13)14/h2-6H,7H2,1H3,(H,13,14)(H,15,16)/b9-6+. The minimum absolute atomic E-state index is 0.164. The van der Waals surface area contributed by atoms with Crippen LogP contribution in [-0.4, -0.2) is 29.3 Å². The van der Waals surface area contributed by atoms with Crippen LogP contribution in [0.25, 0.3) is 6.08 Å². The average molecular weight is 236 g/mol. The lowest BCUT2D eigenvalue weighted by atomic mass is 10.1. The van der Waals surface area contributed by atoms with Gasteiger partial charge in [-0.25, -0.2) is 4.79 Å². The van der Waals surface area contributed by atoms with Gasteiger partial charge in [-0.05, 0) is 23.8 Å². The molecule has 0 aliphatic carbocycles. The molecule has 0 unspecified atom stereocenters. The average Bonchev–Trinajstić information content (AvgIpc) is 2.28. The maximum absolute atomic E-state index is 10.8. The number of benzene rings is 1. The van der Waals surface area contributed by atoms with E-state index >= 15 is 0 Å². The van der Waals surface area contributed by atoms with E-state index in [2.05, 4.69) is 0 Å². The quantitative estimate of drug-likeness (QED) is 0.759. The molecule has 5 heteroatoms. The molecule has 0 bridgehead atoms. The summed E-state index contributed by atoms with van der Waals surface area (Å²) in [4.78, 5) is 21.3. The van der Waals surface area contributed by atoms with Crippen molar-refractivity contribution < 1.29 is 24.5 Å². The molecule has 0 amide bonds. The summed E-state index contributed by atoms with van der Waals surface area (Å²) in [6, 6.07) is 6.66. The van der Waals surface area contributed by atoms with Gasteiger partial charge in [0.25, 0.3) is 0 Å². The lowest BCUT2D eigenvalue weighted by Crippen LogP contribution is -2.06. The second-order valence-electron chi connectivity index (χ2n) is 3.32. The number of hydrogen-bond donors (Lipinski definition) is 2. The Balaban J connectivity index is 2.95. The first-order valence-electron chi connectivity index (χ1n) is 4.82. The van der Waals surface area contributed by atoms with Crippen molar-refractivity contribution in [2.75, 3.05) is 7.11 Å². The van der Waals surface area contributed by atoms with E-state index in [1.54, 1.807) is 24.3 Å². The van der Waals surface area contributed by atoms with Crippen LogP contribution in [0.2, 0.25) is 0 Å². The Labute approximate surface area is 98.0 Å². The molecule has 90 valence electrons. The van der Waals surface area contributed by atoms with Gasteiger partial charge in [0, 0.05) is 5.57 Å². The van der Waals surface area contributed by atoms with E-state index in [0.717, 1.165) is 0 Å². The summed E-state index contributed by atoms with van der Waals surface area (Å²) in [5.74, 6) is -1.76. The van der Waals surface area contributed by atoms with Crippen LogP contribution in [0.4, 0.5) is 0 Å². The minimum Gasteiger partial charge on any atom is -0.497 e. The molecule has 1 aromatic rings. The molecule has 0 aliphatic rings. The monoisotopic (exact) mass is 236 g/mol. The molecule has 0 atom stereocenters. The summed E-state index contributed by atoms with van der Waals surface area (Å²) in [7, 11) is 1.53. The number of carboxylic acid groups (broad SMARTS) is 2. The highest BCUT2D eigenvalue weighted by molar-refractivity contribution is 5.96. The highest BCUT2D eigenvalue weighted by Crippen LogP contribution is 2.15. The number of aliphatic carboxylic acids is 2. The Morgan fingerprint density at radius 1 is 1.24 bits per heavy atom. The van der Waals surface area contributed by atoms with E-state index in [0.29, 0.717) is 11.3 Å². The highest BCUT2D eigenvalue weighted by Gasteiger charge is 2.11. The van der Waals surface area contributed by atoms with Gasteiger partial charge in [-0.15, -0.1) is 0 Å². The van der Waals surface area contributed by atoms with Crippen LogP contribution in [-0.2, 0) is 9.59 Å². The number of carbonyl (C=O) groups is 2. The second-order valence-corrected chi connectivity index (χ2v) is 3.32. The lowest BCUT2D eigenvalue weighted by Gasteiger charge is -2.01. The third-order valence-corrected chi connectivity index (χ3v) is 2.07. The topological polar surface area (TPSA) is 83.8 Å². The van der Waals surface area contributed by atoms with Crippen LogP contribution in [0.15, 0.2) is 29.8 Å². The molecular formula is C12H12O5. The van der Waals surface area contributed by atoms with Crippen LogP contribution in [0.1, 0.15) is 12.0 Å². The Bertz CT molecular complexity index is 444. The molecule has 17 heavy (non-hydrogen) atoms. The molecule has 0 radical (unpaired) electrons. The Morgan fingerprint density at radius 2 is 1.82 bits per heavy atom. The third-order valence-electron chi connectivity index (χ3n) is 2.07. The van der Waals surface area contributed by atoms with Gasteiger partial charge in [0.15, 0.2) is 0 Å². The molecular weight excluding hydrogens is 224 g/mol. The molecule has 5 nitrogen and oxygen atoms in total. The molecule has 0 aliphatic heterocycles. The van der Waals surface area contributed by atoms with E-state index < -0.39 is 18.4 Å². The van der Waals surface area contributed by atoms with Gasteiger partial charge in [-0.2, -0.15) is 0 Å². The normalized spacial score (nSPS) is 11.0. The van der Waals surface area contributed by atoms with Gasteiger partial charge in [-0.3, -0.25) is 4.79 Å². The van der Waals surface area contributed by atoms with Gasteiger partial charge in [-0.1, -0.05) is 12.1 Å². The minimum atomic E-state index is -1.23. The van der Waals surface area contributed by atoms with E-state index in [-0.39, 0.29) is 5.57 Å². The first kappa shape index (κ1) is 12.8.